The van der Waals surface area contributed by atoms with Gasteiger partial charge in [-0.2, -0.15) is 0 Å². The summed E-state index contributed by atoms with van der Waals surface area (Å²) in [5.74, 6) is 0. The predicted molar refractivity (Wildman–Crippen MR) is 136 cm³/mol. The van der Waals surface area contributed by atoms with Gasteiger partial charge in [-0.05, 0) is 31.4 Å². The molecule has 5 atom stereocenters. The molecule has 0 bridgehead atoms. The Morgan fingerprint density at radius 2 is 1.24 bits per heavy atom. The minimum Gasteiger partial charge on any atom is -0.394 e. The molecule has 1 unspecified atom stereocenters. The van der Waals surface area contributed by atoms with Crippen molar-refractivity contribution in [2.75, 3.05) is 6.61 Å². The highest BCUT2D eigenvalue weighted by Crippen LogP contribution is 2.39. The molecule has 6 nitrogen and oxygen atoms in total. The maximum absolute atomic E-state index is 11.5. The van der Waals surface area contributed by atoms with Gasteiger partial charge >= 0.3 is 0 Å². The zero-order valence-corrected chi connectivity index (χ0v) is 20.6. The quantitative estimate of drug-likeness (QED) is 0.207. The molecule has 0 fully saturated rings. The fraction of sp³-hybridized carbons (Fsp3) is 0.440. The fourth-order valence-electron chi connectivity index (χ4n) is 4.01. The van der Waals surface area contributed by atoms with Crippen LogP contribution in [0.4, 0.5) is 0 Å². The SMILES string of the molecule is CCC(C(=S)c1cccc(C)c1)(C(=S)c1cccc(C)c1)C(O)[C@@H](O)[C@@H](O)[C@H](O)[C@@H](O)CO. The van der Waals surface area contributed by atoms with Gasteiger partial charge in [0.05, 0.1) is 18.1 Å². The Morgan fingerprint density at radius 3 is 1.61 bits per heavy atom. The maximum atomic E-state index is 11.5. The summed E-state index contributed by atoms with van der Waals surface area (Å²) in [6.45, 7) is 4.75. The highest BCUT2D eigenvalue weighted by atomic mass is 32.1. The first-order valence-corrected chi connectivity index (χ1v) is 11.6. The summed E-state index contributed by atoms with van der Waals surface area (Å²) in [7, 11) is 0. The van der Waals surface area contributed by atoms with Crippen molar-refractivity contribution in [3.63, 3.8) is 0 Å². The Morgan fingerprint density at radius 1 is 0.788 bits per heavy atom. The van der Waals surface area contributed by atoms with Crippen molar-refractivity contribution < 1.29 is 30.6 Å². The summed E-state index contributed by atoms with van der Waals surface area (Å²) < 4.78 is 0. The molecule has 33 heavy (non-hydrogen) atoms. The Kier molecular flexibility index (Phi) is 9.78. The maximum Gasteiger partial charge on any atom is 0.111 e. The molecule has 2 rings (SSSR count). The summed E-state index contributed by atoms with van der Waals surface area (Å²) in [5, 5.41) is 61.8. The zero-order chi connectivity index (χ0) is 24.9. The van der Waals surface area contributed by atoms with Crippen LogP contribution in [0.2, 0.25) is 0 Å². The van der Waals surface area contributed by atoms with Gasteiger partial charge in [-0.3, -0.25) is 0 Å². The van der Waals surface area contributed by atoms with Crippen LogP contribution in [0.15, 0.2) is 48.5 Å². The molecule has 0 aliphatic heterocycles. The smallest absolute Gasteiger partial charge is 0.111 e. The van der Waals surface area contributed by atoms with Crippen molar-refractivity contribution in [3.05, 3.63) is 70.8 Å². The second kappa shape index (κ2) is 11.7. The van der Waals surface area contributed by atoms with E-state index in [1.807, 2.05) is 50.2 Å². The summed E-state index contributed by atoms with van der Waals surface area (Å²) >= 11 is 11.7. The number of hydrogen-bond acceptors (Lipinski definition) is 8. The summed E-state index contributed by atoms with van der Waals surface area (Å²) in [6.07, 6.45) is -9.02. The topological polar surface area (TPSA) is 121 Å². The number of thiocarbonyl (C=S) groups is 2. The largest absolute Gasteiger partial charge is 0.394 e. The molecule has 0 heterocycles. The molecular formula is C25H32O6S2. The Bertz CT molecular complexity index is 921. The highest BCUT2D eigenvalue weighted by molar-refractivity contribution is 7.82. The molecule has 8 heteroatoms. The van der Waals surface area contributed by atoms with E-state index in [0.29, 0.717) is 11.1 Å². The number of rotatable bonds is 11. The minimum absolute atomic E-state index is 0.191. The van der Waals surface area contributed by atoms with Crippen LogP contribution in [0.3, 0.4) is 0 Å². The number of aryl methyl sites for hydroxylation is 2. The molecule has 0 aliphatic carbocycles. The van der Waals surface area contributed by atoms with Gasteiger partial charge in [0.1, 0.15) is 24.4 Å². The van der Waals surface area contributed by atoms with Gasteiger partial charge in [0.25, 0.3) is 0 Å². The van der Waals surface area contributed by atoms with E-state index >= 15 is 0 Å². The van der Waals surface area contributed by atoms with Crippen LogP contribution in [-0.2, 0) is 0 Å². The highest BCUT2D eigenvalue weighted by Gasteiger charge is 2.50. The first-order valence-electron chi connectivity index (χ1n) is 10.7. The Balaban J connectivity index is 2.64. The molecule has 2 aromatic rings. The molecule has 0 spiro atoms. The third kappa shape index (κ3) is 5.72. The first kappa shape index (κ1) is 27.6. The van der Waals surface area contributed by atoms with Crippen molar-refractivity contribution in [1.29, 1.82) is 0 Å². The van der Waals surface area contributed by atoms with Gasteiger partial charge in [0.2, 0.25) is 0 Å². The molecule has 180 valence electrons. The zero-order valence-electron chi connectivity index (χ0n) is 18.9. The van der Waals surface area contributed by atoms with Crippen molar-refractivity contribution in [1.82, 2.24) is 0 Å². The average molecular weight is 493 g/mol. The molecule has 2 aromatic carbocycles. The van der Waals surface area contributed by atoms with E-state index in [9.17, 15) is 25.5 Å². The van der Waals surface area contributed by atoms with E-state index in [2.05, 4.69) is 0 Å². The lowest BCUT2D eigenvalue weighted by Crippen LogP contribution is -2.59. The van der Waals surface area contributed by atoms with Gasteiger partial charge in [0, 0.05) is 9.73 Å². The second-order valence-electron chi connectivity index (χ2n) is 8.39. The molecule has 0 saturated carbocycles. The van der Waals surface area contributed by atoms with Crippen LogP contribution in [0, 0.1) is 19.3 Å². The van der Waals surface area contributed by atoms with Gasteiger partial charge in [-0.15, -0.1) is 0 Å². The molecule has 6 N–H and O–H groups in total. The number of hydrogen-bond donors (Lipinski definition) is 6. The number of aliphatic hydroxyl groups is 6. The third-order valence-corrected chi connectivity index (χ3v) is 7.24. The Labute approximate surface area is 205 Å². The van der Waals surface area contributed by atoms with Crippen molar-refractivity contribution in [3.8, 4) is 0 Å². The second-order valence-corrected chi connectivity index (χ2v) is 9.21. The van der Waals surface area contributed by atoms with Gasteiger partial charge in [-0.25, -0.2) is 0 Å². The molecule has 0 amide bonds. The van der Waals surface area contributed by atoms with Crippen molar-refractivity contribution >= 4 is 34.2 Å². The van der Waals surface area contributed by atoms with Gasteiger partial charge in [-0.1, -0.05) is 91.0 Å². The van der Waals surface area contributed by atoms with E-state index in [4.69, 9.17) is 29.5 Å². The van der Waals surface area contributed by atoms with Crippen LogP contribution < -0.4 is 0 Å². The lowest BCUT2D eigenvalue weighted by Gasteiger charge is -2.43. The van der Waals surface area contributed by atoms with Crippen LogP contribution in [0.5, 0.6) is 0 Å². The van der Waals surface area contributed by atoms with E-state index in [0.717, 1.165) is 11.1 Å². The molecule has 0 aromatic heterocycles. The summed E-state index contributed by atoms with van der Waals surface area (Å²) in [4.78, 5) is 0.576. The third-order valence-electron chi connectivity index (χ3n) is 6.04. The van der Waals surface area contributed by atoms with Crippen LogP contribution in [0.25, 0.3) is 0 Å². The van der Waals surface area contributed by atoms with Crippen LogP contribution in [-0.4, -0.2) is 77.5 Å². The number of benzene rings is 2. The average Bonchev–Trinajstić information content (AvgIpc) is 2.82. The van der Waals surface area contributed by atoms with Crippen LogP contribution >= 0.6 is 24.4 Å². The van der Waals surface area contributed by atoms with Gasteiger partial charge < -0.3 is 30.6 Å². The van der Waals surface area contributed by atoms with Gasteiger partial charge in [0.15, 0.2) is 0 Å². The molecule has 0 saturated heterocycles. The summed E-state index contributed by atoms with van der Waals surface area (Å²) in [6, 6.07) is 14.7. The Hall–Kier alpha value is -1.62. The molecular weight excluding hydrogens is 460 g/mol. The predicted octanol–water partition coefficient (Wildman–Crippen LogP) is 1.63. The molecule has 0 aliphatic rings. The van der Waals surface area contributed by atoms with E-state index < -0.39 is 42.5 Å². The van der Waals surface area contributed by atoms with E-state index in [1.165, 1.54) is 0 Å². The van der Waals surface area contributed by atoms with Crippen LogP contribution in [0.1, 0.15) is 35.6 Å². The standard InChI is InChI=1S/C25H32O6S2/c1-4-25(23(32)16-9-5-7-14(2)11-16,24(33)17-10-6-8-15(3)12-17)22(31)21(30)20(29)19(28)18(27)13-26/h5-12,18-22,26-31H,4,13H2,1-3H3/t18-,19+,20-,21-,22?/m0/s1. The van der Waals surface area contributed by atoms with E-state index in [1.54, 1.807) is 19.1 Å². The fourth-order valence-corrected chi connectivity index (χ4v) is 5.06. The first-order chi connectivity index (χ1) is 15.5. The normalized spacial score (nSPS) is 16.5. The summed E-state index contributed by atoms with van der Waals surface area (Å²) in [5.41, 5.74) is 1.70. The number of aliphatic hydroxyl groups excluding tert-OH is 6. The lowest BCUT2D eigenvalue weighted by atomic mass is 9.67. The minimum atomic E-state index is -1.96. The van der Waals surface area contributed by atoms with Crippen molar-refractivity contribution in [2.45, 2.75) is 57.7 Å². The monoisotopic (exact) mass is 492 g/mol. The molecule has 0 radical (unpaired) electrons. The van der Waals surface area contributed by atoms with Crippen molar-refractivity contribution in [2.24, 2.45) is 5.41 Å². The lowest BCUT2D eigenvalue weighted by molar-refractivity contribution is -0.148. The van der Waals surface area contributed by atoms with E-state index in [-0.39, 0.29) is 16.1 Å².